The van der Waals surface area contributed by atoms with E-state index >= 15 is 0 Å². The van der Waals surface area contributed by atoms with Gasteiger partial charge in [-0.25, -0.2) is 0 Å². The van der Waals surface area contributed by atoms with E-state index in [1.54, 1.807) is 30.3 Å². The molecule has 0 saturated carbocycles. The number of nitrogens with zero attached hydrogens (tertiary/aromatic N) is 1. The van der Waals surface area contributed by atoms with Crippen LogP contribution in [0.25, 0.3) is 0 Å². The molecule has 0 atom stereocenters. The Balaban J connectivity index is 1.57. The van der Waals surface area contributed by atoms with Crippen molar-refractivity contribution in [3.63, 3.8) is 0 Å². The molecule has 1 heterocycles. The van der Waals surface area contributed by atoms with Crippen LogP contribution in [0.4, 0.5) is 11.4 Å². The molecule has 2 amide bonds. The lowest BCUT2D eigenvalue weighted by Crippen LogP contribution is -2.32. The second-order valence-corrected chi connectivity index (χ2v) is 8.35. The topological polar surface area (TPSA) is 61.4 Å². The zero-order valence-electron chi connectivity index (χ0n) is 17.8. The molecule has 0 aliphatic carbocycles. The molecular formula is C26H26ClN3O2. The lowest BCUT2D eigenvalue weighted by molar-refractivity contribution is 0.0950. The summed E-state index contributed by atoms with van der Waals surface area (Å²) in [6.07, 6.45) is 3.43. The second kappa shape index (κ2) is 10.3. The fourth-order valence-corrected chi connectivity index (χ4v) is 4.10. The van der Waals surface area contributed by atoms with E-state index in [4.69, 9.17) is 11.6 Å². The smallest absolute Gasteiger partial charge is 0.255 e. The van der Waals surface area contributed by atoms with Crippen molar-refractivity contribution in [3.05, 3.63) is 94.5 Å². The first-order valence-electron chi connectivity index (χ1n) is 10.9. The highest BCUT2D eigenvalue weighted by Gasteiger charge is 2.20. The summed E-state index contributed by atoms with van der Waals surface area (Å²) in [5.41, 5.74) is 3.53. The number of rotatable bonds is 6. The molecule has 0 radical (unpaired) electrons. The number of carbonyl (C=O) groups is 2. The number of anilines is 2. The zero-order chi connectivity index (χ0) is 22.3. The molecule has 0 unspecified atom stereocenters. The Labute approximate surface area is 193 Å². The van der Waals surface area contributed by atoms with Crippen LogP contribution in [0.15, 0.2) is 72.8 Å². The van der Waals surface area contributed by atoms with Gasteiger partial charge in [-0.1, -0.05) is 48.0 Å². The fourth-order valence-electron chi connectivity index (χ4n) is 3.91. The van der Waals surface area contributed by atoms with Gasteiger partial charge in [-0.15, -0.1) is 0 Å². The summed E-state index contributed by atoms with van der Waals surface area (Å²) in [5.74, 6) is -0.429. The summed E-state index contributed by atoms with van der Waals surface area (Å²) in [5, 5.41) is 6.41. The lowest BCUT2D eigenvalue weighted by atomic mass is 10.1. The van der Waals surface area contributed by atoms with Crippen molar-refractivity contribution in [2.24, 2.45) is 0 Å². The van der Waals surface area contributed by atoms with Crippen molar-refractivity contribution in [3.8, 4) is 0 Å². The first-order valence-corrected chi connectivity index (χ1v) is 11.3. The van der Waals surface area contributed by atoms with Gasteiger partial charge < -0.3 is 15.5 Å². The van der Waals surface area contributed by atoms with Crippen LogP contribution >= 0.6 is 11.6 Å². The molecule has 0 spiro atoms. The van der Waals surface area contributed by atoms with Crippen molar-refractivity contribution in [2.45, 2.75) is 25.8 Å². The molecule has 32 heavy (non-hydrogen) atoms. The van der Waals surface area contributed by atoms with Gasteiger partial charge in [0.2, 0.25) is 0 Å². The monoisotopic (exact) mass is 447 g/mol. The maximum Gasteiger partial charge on any atom is 0.255 e. The summed E-state index contributed by atoms with van der Waals surface area (Å²) in [6.45, 7) is 2.29. The summed E-state index contributed by atoms with van der Waals surface area (Å²) >= 11 is 6.01. The number of hydrogen-bond donors (Lipinski definition) is 2. The van der Waals surface area contributed by atoms with Crippen LogP contribution in [0.2, 0.25) is 5.02 Å². The van der Waals surface area contributed by atoms with Crippen molar-refractivity contribution < 1.29 is 9.59 Å². The molecule has 6 heteroatoms. The average molecular weight is 448 g/mol. The van der Waals surface area contributed by atoms with E-state index in [9.17, 15) is 9.59 Å². The Morgan fingerprint density at radius 2 is 1.62 bits per heavy atom. The summed E-state index contributed by atoms with van der Waals surface area (Å²) in [6, 6.07) is 22.1. The van der Waals surface area contributed by atoms with Gasteiger partial charge in [0.05, 0.1) is 5.56 Å². The minimum atomic E-state index is -0.270. The average Bonchev–Trinajstić information content (AvgIpc) is 2.83. The standard InChI is InChI=1S/C26H26ClN3O2/c27-21-11-7-10-20(16-21)25(31)29-22-12-13-24(30-14-5-2-6-15-30)23(17-22)26(32)28-18-19-8-3-1-4-9-19/h1,3-4,7-13,16-17H,2,5-6,14-15,18H2,(H,28,32)(H,29,31). The number of benzene rings is 3. The highest BCUT2D eigenvalue weighted by atomic mass is 35.5. The van der Waals surface area contributed by atoms with E-state index < -0.39 is 0 Å². The number of amides is 2. The number of piperidine rings is 1. The molecule has 1 saturated heterocycles. The van der Waals surface area contributed by atoms with E-state index in [2.05, 4.69) is 15.5 Å². The molecular weight excluding hydrogens is 422 g/mol. The van der Waals surface area contributed by atoms with E-state index in [-0.39, 0.29) is 11.8 Å². The summed E-state index contributed by atoms with van der Waals surface area (Å²) < 4.78 is 0. The largest absolute Gasteiger partial charge is 0.371 e. The zero-order valence-corrected chi connectivity index (χ0v) is 18.6. The van der Waals surface area contributed by atoms with E-state index in [1.807, 2.05) is 42.5 Å². The van der Waals surface area contributed by atoms with E-state index in [1.165, 1.54) is 6.42 Å². The Morgan fingerprint density at radius 1 is 0.844 bits per heavy atom. The molecule has 3 aromatic carbocycles. The van der Waals surface area contributed by atoms with Crippen LogP contribution < -0.4 is 15.5 Å². The van der Waals surface area contributed by atoms with Gasteiger partial charge in [-0.3, -0.25) is 9.59 Å². The van der Waals surface area contributed by atoms with E-state index in [0.717, 1.165) is 37.2 Å². The Morgan fingerprint density at radius 3 is 2.38 bits per heavy atom. The van der Waals surface area contributed by atoms with Crippen LogP contribution in [-0.2, 0) is 6.54 Å². The summed E-state index contributed by atoms with van der Waals surface area (Å²) in [4.78, 5) is 28.1. The van der Waals surface area contributed by atoms with Crippen molar-refractivity contribution in [1.29, 1.82) is 0 Å². The summed E-state index contributed by atoms with van der Waals surface area (Å²) in [7, 11) is 0. The molecule has 0 aromatic heterocycles. The highest BCUT2D eigenvalue weighted by molar-refractivity contribution is 6.31. The quantitative estimate of drug-likeness (QED) is 0.523. The minimum absolute atomic E-state index is 0.159. The maximum absolute atomic E-state index is 13.2. The van der Waals surface area contributed by atoms with Crippen molar-refractivity contribution in [2.75, 3.05) is 23.3 Å². The first-order chi connectivity index (χ1) is 15.6. The number of nitrogens with one attached hydrogen (secondary N) is 2. The van der Waals surface area contributed by atoms with Crippen molar-refractivity contribution >= 4 is 34.8 Å². The molecule has 0 bridgehead atoms. The van der Waals surface area contributed by atoms with Gasteiger partial charge in [0.25, 0.3) is 11.8 Å². The predicted octanol–water partition coefficient (Wildman–Crippen LogP) is 5.51. The number of hydrogen-bond acceptors (Lipinski definition) is 3. The minimum Gasteiger partial charge on any atom is -0.371 e. The maximum atomic E-state index is 13.2. The molecule has 1 fully saturated rings. The molecule has 3 aromatic rings. The number of carbonyl (C=O) groups excluding carboxylic acids is 2. The third-order valence-corrected chi connectivity index (χ3v) is 5.81. The van der Waals surface area contributed by atoms with Gasteiger partial charge in [-0.2, -0.15) is 0 Å². The molecule has 1 aliphatic heterocycles. The van der Waals surface area contributed by atoms with Gasteiger partial charge >= 0.3 is 0 Å². The van der Waals surface area contributed by atoms with Crippen LogP contribution in [0.3, 0.4) is 0 Å². The van der Waals surface area contributed by atoms with Crippen molar-refractivity contribution in [1.82, 2.24) is 5.32 Å². The van der Waals surface area contributed by atoms with Gasteiger partial charge in [-0.05, 0) is 61.2 Å². The van der Waals surface area contributed by atoms with Crippen LogP contribution in [0.5, 0.6) is 0 Å². The fraction of sp³-hybridized carbons (Fsp3) is 0.231. The Hall–Kier alpha value is -3.31. The molecule has 2 N–H and O–H groups in total. The highest BCUT2D eigenvalue weighted by Crippen LogP contribution is 2.28. The van der Waals surface area contributed by atoms with Gasteiger partial charge in [0.1, 0.15) is 0 Å². The molecule has 164 valence electrons. The molecule has 1 aliphatic rings. The SMILES string of the molecule is O=C(Nc1ccc(N2CCCCC2)c(C(=O)NCc2ccccc2)c1)c1cccc(Cl)c1. The van der Waals surface area contributed by atoms with Gasteiger partial charge in [0.15, 0.2) is 0 Å². The first kappa shape index (κ1) is 21.9. The normalized spacial score (nSPS) is 13.5. The third-order valence-electron chi connectivity index (χ3n) is 5.58. The van der Waals surface area contributed by atoms with Crippen LogP contribution in [0.1, 0.15) is 45.5 Å². The van der Waals surface area contributed by atoms with E-state index in [0.29, 0.717) is 28.4 Å². The molecule has 4 rings (SSSR count). The number of halogens is 1. The predicted molar refractivity (Wildman–Crippen MR) is 130 cm³/mol. The Kier molecular flexibility index (Phi) is 7.07. The Bertz CT molecular complexity index is 1100. The van der Waals surface area contributed by atoms with Gasteiger partial charge in [0, 0.05) is 41.6 Å². The van der Waals surface area contributed by atoms with Crippen LogP contribution in [0, 0.1) is 0 Å². The van der Waals surface area contributed by atoms with Crippen LogP contribution in [-0.4, -0.2) is 24.9 Å². The second-order valence-electron chi connectivity index (χ2n) is 7.91. The molecule has 5 nitrogen and oxygen atoms in total. The third kappa shape index (κ3) is 5.48. The lowest BCUT2D eigenvalue weighted by Gasteiger charge is -2.30.